The molecule has 0 unspecified atom stereocenters. The summed E-state index contributed by atoms with van der Waals surface area (Å²) in [7, 11) is 2.90. The lowest BCUT2D eigenvalue weighted by atomic mass is 9.83. The van der Waals surface area contributed by atoms with E-state index in [1.807, 2.05) is 0 Å². The highest BCUT2D eigenvalue weighted by molar-refractivity contribution is 6.35. The minimum absolute atomic E-state index is 0.0132. The van der Waals surface area contributed by atoms with Crippen molar-refractivity contribution in [1.29, 1.82) is 0 Å². The monoisotopic (exact) mass is 741 g/mol. The molecule has 3 aromatic carbocycles. The maximum Gasteiger partial charge on any atom is 0.415 e. The number of aromatic nitrogens is 1. The number of benzene rings is 3. The lowest BCUT2D eigenvalue weighted by Crippen LogP contribution is -2.53. The van der Waals surface area contributed by atoms with Crippen LogP contribution in [0.4, 0.5) is 19.3 Å². The first-order valence-electron chi connectivity index (χ1n) is 16.3. The minimum Gasteiger partial charge on any atom is -0.619 e. The van der Waals surface area contributed by atoms with Crippen LogP contribution in [0.3, 0.4) is 0 Å². The second-order valence-corrected chi connectivity index (χ2v) is 13.4. The molecule has 1 N–H and O–H groups in total. The van der Waals surface area contributed by atoms with Crippen LogP contribution in [0, 0.1) is 22.8 Å². The predicted molar refractivity (Wildman–Crippen MR) is 186 cm³/mol. The molecule has 2 atom stereocenters. The van der Waals surface area contributed by atoms with Crippen LogP contribution in [0.5, 0.6) is 11.5 Å². The standard InChI is InChI=1S/C37H35Cl2F2N3O7/c1-49-32-8-7-23(15-33(32)50-2)24(16-26-28(38)18-43(48)19-29(26)39)25-13-21(14-27(35(25)41)36(45)46)17-44(31-6-4-3-5-30(31)40)37(47)51-34-20-42-11-9-22(34)10-12-42/h3-8,13-15,18-19,22,24,34H,9-12,16-17,20H2,1-2H3,(H,45,46)/t24-,34-/m0/s1. The number of rotatable bonds is 11. The highest BCUT2D eigenvalue weighted by Crippen LogP contribution is 2.40. The average Bonchev–Trinajstić information content (AvgIpc) is 3.11. The molecule has 268 valence electrons. The number of carboxylic acids is 1. The van der Waals surface area contributed by atoms with E-state index in [-0.39, 0.29) is 45.7 Å². The summed E-state index contributed by atoms with van der Waals surface area (Å²) in [5.74, 6) is -3.37. The molecule has 0 saturated carbocycles. The number of hydrogen-bond donors (Lipinski definition) is 1. The van der Waals surface area contributed by atoms with Gasteiger partial charge >= 0.3 is 12.1 Å². The number of para-hydroxylation sites is 1. The summed E-state index contributed by atoms with van der Waals surface area (Å²) < 4.78 is 49.1. The molecule has 3 fully saturated rings. The van der Waals surface area contributed by atoms with Gasteiger partial charge < -0.3 is 24.5 Å². The Morgan fingerprint density at radius 2 is 1.71 bits per heavy atom. The fraction of sp³-hybridized carbons (Fsp3) is 0.324. The van der Waals surface area contributed by atoms with Crippen molar-refractivity contribution in [2.24, 2.45) is 5.92 Å². The summed E-state index contributed by atoms with van der Waals surface area (Å²) in [5.41, 5.74) is 0.125. The maximum absolute atomic E-state index is 16.5. The Morgan fingerprint density at radius 3 is 2.31 bits per heavy atom. The molecule has 51 heavy (non-hydrogen) atoms. The van der Waals surface area contributed by atoms with E-state index in [1.165, 1.54) is 38.5 Å². The van der Waals surface area contributed by atoms with Crippen LogP contribution in [-0.2, 0) is 17.7 Å². The second-order valence-electron chi connectivity index (χ2n) is 12.6. The van der Waals surface area contributed by atoms with Crippen molar-refractivity contribution in [2.45, 2.75) is 37.8 Å². The first kappa shape index (κ1) is 36.2. The number of pyridine rings is 1. The zero-order valence-corrected chi connectivity index (χ0v) is 29.3. The lowest BCUT2D eigenvalue weighted by molar-refractivity contribution is -0.605. The molecule has 7 rings (SSSR count). The summed E-state index contributed by atoms with van der Waals surface area (Å²) in [6, 6.07) is 13.1. The molecular weight excluding hydrogens is 707 g/mol. The van der Waals surface area contributed by atoms with Crippen LogP contribution in [0.1, 0.15) is 51.4 Å². The Labute approximate surface area is 303 Å². The smallest absolute Gasteiger partial charge is 0.415 e. The van der Waals surface area contributed by atoms with Gasteiger partial charge in [0.1, 0.15) is 27.8 Å². The van der Waals surface area contributed by atoms with Gasteiger partial charge in [-0.1, -0.05) is 47.5 Å². The molecular formula is C37H35Cl2F2N3O7. The highest BCUT2D eigenvalue weighted by Gasteiger charge is 2.38. The van der Waals surface area contributed by atoms with Crippen molar-refractivity contribution in [3.63, 3.8) is 0 Å². The molecule has 2 bridgehead atoms. The van der Waals surface area contributed by atoms with Gasteiger partial charge in [-0.2, -0.15) is 4.73 Å². The number of amides is 1. The van der Waals surface area contributed by atoms with Gasteiger partial charge in [0.15, 0.2) is 23.9 Å². The van der Waals surface area contributed by atoms with Crippen LogP contribution >= 0.6 is 23.2 Å². The normalized spacial score (nSPS) is 18.6. The van der Waals surface area contributed by atoms with Crippen molar-refractivity contribution >= 4 is 41.0 Å². The van der Waals surface area contributed by atoms with Crippen molar-refractivity contribution in [2.75, 3.05) is 38.8 Å². The van der Waals surface area contributed by atoms with Crippen LogP contribution in [0.25, 0.3) is 0 Å². The quantitative estimate of drug-likeness (QED) is 0.127. The van der Waals surface area contributed by atoms with Gasteiger partial charge in [-0.15, -0.1) is 0 Å². The van der Waals surface area contributed by atoms with Gasteiger partial charge in [0.05, 0.1) is 32.0 Å². The van der Waals surface area contributed by atoms with E-state index in [4.69, 9.17) is 37.4 Å². The highest BCUT2D eigenvalue weighted by atomic mass is 35.5. The Hall–Kier alpha value is -4.65. The molecule has 4 aromatic rings. The van der Waals surface area contributed by atoms with Gasteiger partial charge in [0, 0.05) is 18.0 Å². The number of carboxylic acid groups (broad SMARTS) is 1. The van der Waals surface area contributed by atoms with Gasteiger partial charge in [-0.25, -0.2) is 18.4 Å². The van der Waals surface area contributed by atoms with Crippen LogP contribution in [0.2, 0.25) is 10.0 Å². The van der Waals surface area contributed by atoms with Gasteiger partial charge in [-0.3, -0.25) is 9.80 Å². The number of piperidine rings is 3. The van der Waals surface area contributed by atoms with Crippen molar-refractivity contribution in [3.05, 3.63) is 122 Å². The molecule has 0 spiro atoms. The number of methoxy groups -OCH3 is 2. The summed E-state index contributed by atoms with van der Waals surface area (Å²) in [4.78, 5) is 29.7. The zero-order chi connectivity index (χ0) is 36.4. The van der Waals surface area contributed by atoms with E-state index in [9.17, 15) is 19.9 Å². The maximum atomic E-state index is 16.5. The van der Waals surface area contributed by atoms with E-state index in [0.29, 0.717) is 33.9 Å². The van der Waals surface area contributed by atoms with Crippen LogP contribution in [-0.4, -0.2) is 62.0 Å². The fourth-order valence-corrected chi connectivity index (χ4v) is 7.55. The number of halogens is 4. The number of hydrogen-bond acceptors (Lipinski definition) is 7. The topological polar surface area (TPSA) is 115 Å². The lowest BCUT2D eigenvalue weighted by Gasteiger charge is -2.44. The first-order chi connectivity index (χ1) is 24.5. The van der Waals surface area contributed by atoms with Crippen molar-refractivity contribution < 1.29 is 42.4 Å². The molecule has 1 aromatic heterocycles. The number of fused-ring (bicyclic) bond motifs is 3. The van der Waals surface area contributed by atoms with Crippen LogP contribution < -0.4 is 19.1 Å². The number of carbonyl (C=O) groups is 2. The Morgan fingerprint density at radius 1 is 1.02 bits per heavy atom. The van der Waals surface area contributed by atoms with Crippen LogP contribution in [0.15, 0.2) is 67.0 Å². The summed E-state index contributed by atoms with van der Waals surface area (Å²) in [5, 5.41) is 22.3. The van der Waals surface area contributed by atoms with Crippen molar-refractivity contribution in [3.8, 4) is 11.5 Å². The average molecular weight is 743 g/mol. The fourth-order valence-electron chi connectivity index (χ4n) is 6.95. The summed E-state index contributed by atoms with van der Waals surface area (Å²) in [6.45, 7) is 2.05. The SMILES string of the molecule is COc1ccc([C@H](Cc2c(Cl)c[n+]([O-])cc2Cl)c2cc(CN(C(=O)O[C@H]3CN4CCC3CC4)c3ccccc3F)cc(C(=O)O)c2F)cc1OC. The Bertz CT molecular complexity index is 1930. The van der Waals surface area contributed by atoms with Gasteiger partial charge in [0.2, 0.25) is 0 Å². The third kappa shape index (κ3) is 7.68. The summed E-state index contributed by atoms with van der Waals surface area (Å²) >= 11 is 12.9. The third-order valence-electron chi connectivity index (χ3n) is 9.60. The van der Waals surface area contributed by atoms with E-state index >= 15 is 8.78 Å². The summed E-state index contributed by atoms with van der Waals surface area (Å²) in [6.07, 6.45) is 2.69. The molecule has 3 aliphatic rings. The molecule has 10 nitrogen and oxygen atoms in total. The molecule has 14 heteroatoms. The molecule has 3 aliphatic heterocycles. The molecule has 0 radical (unpaired) electrons. The largest absolute Gasteiger partial charge is 0.619 e. The number of ether oxygens (including phenoxy) is 3. The molecule has 3 saturated heterocycles. The number of anilines is 1. The molecule has 1 amide bonds. The van der Waals surface area contributed by atoms with Gasteiger partial charge in [-0.05, 0) is 85.3 Å². The predicted octanol–water partition coefficient (Wildman–Crippen LogP) is 7.23. The minimum atomic E-state index is -1.56. The Kier molecular flexibility index (Phi) is 10.8. The zero-order valence-electron chi connectivity index (χ0n) is 27.8. The molecule has 4 heterocycles. The van der Waals surface area contributed by atoms with Crippen molar-refractivity contribution in [1.82, 2.24) is 4.90 Å². The van der Waals surface area contributed by atoms with E-state index in [0.717, 1.165) is 49.3 Å². The number of carbonyl (C=O) groups excluding carboxylic acids is 1. The third-order valence-corrected chi connectivity index (χ3v) is 10.2. The first-order valence-corrected chi connectivity index (χ1v) is 17.0. The van der Waals surface area contributed by atoms with Gasteiger partial charge in [0.25, 0.3) is 0 Å². The van der Waals surface area contributed by atoms with E-state index in [1.54, 1.807) is 24.3 Å². The van der Waals surface area contributed by atoms with E-state index < -0.39 is 41.3 Å². The second kappa shape index (κ2) is 15.3. The van der Waals surface area contributed by atoms with E-state index in [2.05, 4.69) is 4.90 Å². The molecule has 0 aliphatic carbocycles. The number of nitrogens with zero attached hydrogens (tertiary/aromatic N) is 3. The Balaban J connectivity index is 1.46. The number of aromatic carboxylic acids is 1.